The molecule has 0 amide bonds. The lowest BCUT2D eigenvalue weighted by molar-refractivity contribution is -0.141. The standard InChI is InChI=1S/C12H23NO2/c1-9(12(5)6-7-12)13(8-10(14)15)11(2,3)4/h9H,6-8H2,1-5H3,(H,14,15). The normalized spacial score (nSPS) is 21.5. The average Bonchev–Trinajstić information content (AvgIpc) is 2.77. The van der Waals surface area contributed by atoms with Gasteiger partial charge in [-0.3, -0.25) is 9.69 Å². The van der Waals surface area contributed by atoms with E-state index in [-0.39, 0.29) is 12.1 Å². The predicted octanol–water partition coefficient (Wildman–Crippen LogP) is 2.36. The number of carboxylic acids is 1. The molecule has 15 heavy (non-hydrogen) atoms. The van der Waals surface area contributed by atoms with Crippen LogP contribution in [0.3, 0.4) is 0 Å². The summed E-state index contributed by atoms with van der Waals surface area (Å²) in [4.78, 5) is 13.0. The van der Waals surface area contributed by atoms with Crippen LogP contribution in [-0.2, 0) is 4.79 Å². The third kappa shape index (κ3) is 2.94. The summed E-state index contributed by atoms with van der Waals surface area (Å²) in [5.41, 5.74) is 0.256. The van der Waals surface area contributed by atoms with Crippen molar-refractivity contribution in [1.29, 1.82) is 0 Å². The molecule has 0 heterocycles. The van der Waals surface area contributed by atoms with Gasteiger partial charge in [-0.15, -0.1) is 0 Å². The zero-order valence-corrected chi connectivity index (χ0v) is 10.5. The number of hydrogen-bond acceptors (Lipinski definition) is 2. The number of carboxylic acid groups (broad SMARTS) is 1. The summed E-state index contributed by atoms with van der Waals surface area (Å²) in [5, 5.41) is 8.94. The van der Waals surface area contributed by atoms with E-state index >= 15 is 0 Å². The Morgan fingerprint density at radius 2 is 1.93 bits per heavy atom. The molecule has 1 unspecified atom stereocenters. The molecule has 1 atom stereocenters. The summed E-state index contributed by atoms with van der Waals surface area (Å²) in [7, 11) is 0. The second-order valence-corrected chi connectivity index (χ2v) is 6.02. The highest BCUT2D eigenvalue weighted by Crippen LogP contribution is 2.50. The van der Waals surface area contributed by atoms with Crippen LogP contribution in [0.15, 0.2) is 0 Å². The Bertz CT molecular complexity index is 251. The molecule has 88 valence electrons. The number of rotatable bonds is 4. The van der Waals surface area contributed by atoms with Crippen molar-refractivity contribution in [3.8, 4) is 0 Å². The molecular formula is C12H23NO2. The number of carbonyl (C=O) groups is 1. The van der Waals surface area contributed by atoms with E-state index in [0.717, 1.165) is 0 Å². The van der Waals surface area contributed by atoms with Crippen molar-refractivity contribution in [1.82, 2.24) is 4.90 Å². The van der Waals surface area contributed by atoms with Crippen LogP contribution in [0.2, 0.25) is 0 Å². The minimum absolute atomic E-state index is 0.0800. The fourth-order valence-electron chi connectivity index (χ4n) is 2.09. The van der Waals surface area contributed by atoms with Crippen LogP contribution in [-0.4, -0.2) is 34.1 Å². The average molecular weight is 213 g/mol. The summed E-state index contributed by atoms with van der Waals surface area (Å²) < 4.78 is 0. The van der Waals surface area contributed by atoms with Crippen LogP contribution in [0.25, 0.3) is 0 Å². The first-order chi connectivity index (χ1) is 6.67. The first-order valence-electron chi connectivity index (χ1n) is 5.65. The molecule has 1 fully saturated rings. The third-order valence-electron chi connectivity index (χ3n) is 3.68. The van der Waals surface area contributed by atoms with Gasteiger partial charge >= 0.3 is 5.97 Å². The second kappa shape index (κ2) is 3.78. The van der Waals surface area contributed by atoms with Crippen molar-refractivity contribution in [2.24, 2.45) is 5.41 Å². The predicted molar refractivity (Wildman–Crippen MR) is 60.9 cm³/mol. The first kappa shape index (κ1) is 12.5. The van der Waals surface area contributed by atoms with E-state index < -0.39 is 5.97 Å². The summed E-state index contributed by atoms with van der Waals surface area (Å²) >= 11 is 0. The molecule has 0 spiro atoms. The molecule has 0 bridgehead atoms. The molecule has 1 saturated carbocycles. The Morgan fingerprint density at radius 3 is 2.20 bits per heavy atom. The van der Waals surface area contributed by atoms with Crippen molar-refractivity contribution < 1.29 is 9.90 Å². The van der Waals surface area contributed by atoms with E-state index in [1.54, 1.807) is 0 Å². The van der Waals surface area contributed by atoms with Crippen molar-refractivity contribution in [3.05, 3.63) is 0 Å². The van der Waals surface area contributed by atoms with Gasteiger partial charge in [-0.1, -0.05) is 6.92 Å². The molecular weight excluding hydrogens is 190 g/mol. The van der Waals surface area contributed by atoms with Gasteiger partial charge in [-0.2, -0.15) is 0 Å². The van der Waals surface area contributed by atoms with Gasteiger partial charge in [-0.05, 0) is 46.0 Å². The quantitative estimate of drug-likeness (QED) is 0.779. The van der Waals surface area contributed by atoms with Gasteiger partial charge in [0.15, 0.2) is 0 Å². The van der Waals surface area contributed by atoms with Gasteiger partial charge < -0.3 is 5.11 Å². The maximum absolute atomic E-state index is 10.9. The van der Waals surface area contributed by atoms with Crippen molar-refractivity contribution in [3.63, 3.8) is 0 Å². The Hall–Kier alpha value is -0.570. The molecule has 0 radical (unpaired) electrons. The molecule has 0 aromatic carbocycles. The molecule has 1 rings (SSSR count). The van der Waals surface area contributed by atoms with Crippen molar-refractivity contribution in [2.45, 2.75) is 59.0 Å². The zero-order chi connectivity index (χ0) is 11.9. The van der Waals surface area contributed by atoms with E-state index in [1.165, 1.54) is 12.8 Å². The molecule has 1 aliphatic carbocycles. The van der Waals surface area contributed by atoms with E-state index in [0.29, 0.717) is 11.5 Å². The van der Waals surface area contributed by atoms with Gasteiger partial charge in [0.25, 0.3) is 0 Å². The minimum Gasteiger partial charge on any atom is -0.480 e. The van der Waals surface area contributed by atoms with E-state index in [2.05, 4.69) is 39.5 Å². The number of hydrogen-bond donors (Lipinski definition) is 1. The van der Waals surface area contributed by atoms with Gasteiger partial charge in [0.2, 0.25) is 0 Å². The Kier molecular flexibility index (Phi) is 3.15. The summed E-state index contributed by atoms with van der Waals surface area (Å²) in [6.07, 6.45) is 2.45. The molecule has 3 nitrogen and oxygen atoms in total. The Morgan fingerprint density at radius 1 is 1.47 bits per heavy atom. The fraction of sp³-hybridized carbons (Fsp3) is 0.917. The lowest BCUT2D eigenvalue weighted by Crippen LogP contribution is -2.52. The Balaban J connectivity index is 2.76. The number of nitrogens with zero attached hydrogens (tertiary/aromatic N) is 1. The highest BCUT2D eigenvalue weighted by atomic mass is 16.4. The topological polar surface area (TPSA) is 40.5 Å². The van der Waals surface area contributed by atoms with Crippen LogP contribution in [0, 0.1) is 5.41 Å². The SMILES string of the molecule is CC(N(CC(=O)O)C(C)(C)C)C1(C)CC1. The number of aliphatic carboxylic acids is 1. The molecule has 1 aliphatic rings. The van der Waals surface area contributed by atoms with Crippen molar-refractivity contribution in [2.75, 3.05) is 6.54 Å². The van der Waals surface area contributed by atoms with E-state index in [9.17, 15) is 4.79 Å². The van der Waals surface area contributed by atoms with Crippen molar-refractivity contribution >= 4 is 5.97 Å². The van der Waals surface area contributed by atoms with Crippen LogP contribution < -0.4 is 0 Å². The van der Waals surface area contributed by atoms with E-state index in [1.807, 2.05) is 0 Å². The smallest absolute Gasteiger partial charge is 0.317 e. The van der Waals surface area contributed by atoms with E-state index in [4.69, 9.17) is 5.11 Å². The molecule has 0 saturated heterocycles. The molecule has 1 N–H and O–H groups in total. The summed E-state index contributed by atoms with van der Waals surface area (Å²) in [5.74, 6) is -0.735. The molecule has 0 aromatic heterocycles. The third-order valence-corrected chi connectivity index (χ3v) is 3.68. The fourth-order valence-corrected chi connectivity index (χ4v) is 2.09. The van der Waals surface area contributed by atoms with Gasteiger partial charge in [-0.25, -0.2) is 0 Å². The molecule has 0 aliphatic heterocycles. The van der Waals surface area contributed by atoms with Gasteiger partial charge in [0, 0.05) is 11.6 Å². The zero-order valence-electron chi connectivity index (χ0n) is 10.5. The monoisotopic (exact) mass is 213 g/mol. The maximum atomic E-state index is 10.9. The summed E-state index contributed by atoms with van der Waals surface area (Å²) in [6, 6.07) is 0.341. The Labute approximate surface area is 92.5 Å². The summed E-state index contributed by atoms with van der Waals surface area (Å²) in [6.45, 7) is 10.8. The largest absolute Gasteiger partial charge is 0.480 e. The van der Waals surface area contributed by atoms with Gasteiger partial charge in [0.05, 0.1) is 6.54 Å². The highest BCUT2D eigenvalue weighted by molar-refractivity contribution is 5.69. The first-order valence-corrected chi connectivity index (χ1v) is 5.65. The van der Waals surface area contributed by atoms with Gasteiger partial charge in [0.1, 0.15) is 0 Å². The molecule has 3 heteroatoms. The van der Waals surface area contributed by atoms with Crippen LogP contribution in [0.5, 0.6) is 0 Å². The highest BCUT2D eigenvalue weighted by Gasteiger charge is 2.47. The van der Waals surface area contributed by atoms with Crippen LogP contribution in [0.1, 0.15) is 47.5 Å². The lowest BCUT2D eigenvalue weighted by Gasteiger charge is -2.42. The second-order valence-electron chi connectivity index (χ2n) is 6.02. The van der Waals surface area contributed by atoms with Crippen LogP contribution >= 0.6 is 0 Å². The minimum atomic E-state index is -0.735. The molecule has 0 aromatic rings. The maximum Gasteiger partial charge on any atom is 0.317 e. The van der Waals surface area contributed by atoms with Crippen LogP contribution in [0.4, 0.5) is 0 Å². The lowest BCUT2D eigenvalue weighted by atomic mass is 9.93.